The molecule has 0 saturated heterocycles. The standard InChI is InChI=1S/C28H60P.2CH2N2/c1-5-9-13-14-15-16-17-18-19-20-21-22-23-24-28-29(25-10-6-2,26-11-7-3)27-12-8-4;2*2-1-3/h5-28H2,1-4H3;2*2H2/q+1;;. The van der Waals surface area contributed by atoms with E-state index < -0.39 is 7.26 Å². The Bertz CT molecular complexity index is 422. The van der Waals surface area contributed by atoms with Crippen LogP contribution < -0.4 is 11.5 Å². The predicted octanol–water partition coefficient (Wildman–Crippen LogP) is 9.74. The fourth-order valence-corrected chi connectivity index (χ4v) is 9.99. The molecule has 35 heavy (non-hydrogen) atoms. The molecule has 4 N–H and O–H groups in total. The van der Waals surface area contributed by atoms with Crippen LogP contribution in [0.15, 0.2) is 0 Å². The van der Waals surface area contributed by atoms with Crippen molar-refractivity contribution in [1.82, 2.24) is 0 Å². The van der Waals surface area contributed by atoms with Crippen LogP contribution in [-0.2, 0) is 0 Å². The lowest BCUT2D eigenvalue weighted by molar-refractivity contribution is 0.538. The van der Waals surface area contributed by atoms with Crippen LogP contribution in [0, 0.1) is 22.9 Å². The monoisotopic (exact) mass is 511 g/mol. The first-order valence-electron chi connectivity index (χ1n) is 15.1. The lowest BCUT2D eigenvalue weighted by Gasteiger charge is -2.28. The second kappa shape index (κ2) is 35.2. The molecule has 0 aliphatic rings. The average Bonchev–Trinajstić information content (AvgIpc) is 2.86. The summed E-state index contributed by atoms with van der Waals surface area (Å²) in [4.78, 5) is 0. The van der Waals surface area contributed by atoms with Crippen molar-refractivity contribution in [2.45, 2.75) is 156 Å². The molecule has 4 nitrogen and oxygen atoms in total. The molecule has 5 heteroatoms. The summed E-state index contributed by atoms with van der Waals surface area (Å²) in [6.45, 7) is 9.48. The summed E-state index contributed by atoms with van der Waals surface area (Å²) < 4.78 is 0. The molecule has 0 rings (SSSR count). The molecular formula is C30H64N4P+. The van der Waals surface area contributed by atoms with Crippen molar-refractivity contribution < 1.29 is 0 Å². The Morgan fingerprint density at radius 2 is 0.600 bits per heavy atom. The molecule has 208 valence electrons. The smallest absolute Gasteiger partial charge is 0.173 e. The maximum absolute atomic E-state index is 7.10. The van der Waals surface area contributed by atoms with Gasteiger partial charge in [-0.1, -0.05) is 124 Å². The second-order valence-corrected chi connectivity index (χ2v) is 14.6. The maximum Gasteiger partial charge on any atom is 0.173 e. The van der Waals surface area contributed by atoms with Crippen LogP contribution in [0.3, 0.4) is 0 Å². The summed E-state index contributed by atoms with van der Waals surface area (Å²) in [7, 11) is -0.630. The Hall–Kier alpha value is -0.990. The predicted molar refractivity (Wildman–Crippen MR) is 161 cm³/mol. The third-order valence-electron chi connectivity index (χ3n) is 6.94. The van der Waals surface area contributed by atoms with E-state index in [1.165, 1.54) is 134 Å². The van der Waals surface area contributed by atoms with Gasteiger partial charge in [-0.05, 0) is 32.1 Å². The van der Waals surface area contributed by atoms with Gasteiger partial charge in [0, 0.05) is 7.26 Å². The summed E-state index contributed by atoms with van der Waals surface area (Å²) in [6.07, 6.45) is 38.5. The quantitative estimate of drug-likeness (QED) is 0.0582. The Kier molecular flexibility index (Phi) is 38.7. The number of unbranched alkanes of at least 4 members (excludes halogenated alkanes) is 16. The molecule has 0 fully saturated rings. The van der Waals surface area contributed by atoms with E-state index in [0.717, 1.165) is 0 Å². The zero-order valence-electron chi connectivity index (χ0n) is 24.5. The van der Waals surface area contributed by atoms with Gasteiger partial charge in [-0.25, -0.2) is 0 Å². The summed E-state index contributed by atoms with van der Waals surface area (Å²) >= 11 is 0. The number of hydrogen-bond acceptors (Lipinski definition) is 4. The Morgan fingerprint density at radius 3 is 0.857 bits per heavy atom. The van der Waals surface area contributed by atoms with Crippen molar-refractivity contribution in [3.8, 4) is 12.4 Å². The van der Waals surface area contributed by atoms with Crippen LogP contribution in [0.1, 0.15) is 156 Å². The normalized spacial score (nSPS) is 10.3. The summed E-state index contributed by atoms with van der Waals surface area (Å²) in [5.74, 6) is 0. The molecular weight excluding hydrogens is 447 g/mol. The molecule has 0 bridgehead atoms. The van der Waals surface area contributed by atoms with Gasteiger partial charge in [-0.2, -0.15) is 10.5 Å². The van der Waals surface area contributed by atoms with Crippen LogP contribution in [0.2, 0.25) is 0 Å². The zero-order chi connectivity index (χ0) is 26.9. The number of rotatable bonds is 24. The third-order valence-corrected chi connectivity index (χ3v) is 12.0. The summed E-state index contributed by atoms with van der Waals surface area (Å²) in [6, 6.07) is 0. The SMILES string of the molecule is CCCCCCCCCCCCCCCC[P+](CCCC)(CCCC)CCCC.N#CN.N#CN. The minimum absolute atomic E-state index is 0.630. The van der Waals surface area contributed by atoms with E-state index in [2.05, 4.69) is 39.2 Å². The van der Waals surface area contributed by atoms with E-state index in [1.54, 1.807) is 31.1 Å². The highest BCUT2D eigenvalue weighted by Crippen LogP contribution is 2.61. The van der Waals surface area contributed by atoms with E-state index in [-0.39, 0.29) is 0 Å². The first kappa shape index (κ1) is 38.5. The molecule has 0 heterocycles. The molecule has 0 aliphatic carbocycles. The molecule has 0 aromatic rings. The van der Waals surface area contributed by atoms with Gasteiger partial charge < -0.3 is 11.5 Å². The molecule has 0 unspecified atom stereocenters. The van der Waals surface area contributed by atoms with Crippen LogP contribution >= 0.6 is 7.26 Å². The van der Waals surface area contributed by atoms with Gasteiger partial charge in [0.05, 0.1) is 24.6 Å². The van der Waals surface area contributed by atoms with E-state index in [4.69, 9.17) is 10.5 Å². The third kappa shape index (κ3) is 33.0. The molecule has 0 saturated carbocycles. The average molecular weight is 512 g/mol. The van der Waals surface area contributed by atoms with E-state index in [9.17, 15) is 0 Å². The van der Waals surface area contributed by atoms with Crippen molar-refractivity contribution in [2.24, 2.45) is 11.5 Å². The number of nitriles is 2. The van der Waals surface area contributed by atoms with Crippen molar-refractivity contribution in [3.63, 3.8) is 0 Å². The molecule has 0 aromatic carbocycles. The zero-order valence-corrected chi connectivity index (χ0v) is 25.4. The fourth-order valence-electron chi connectivity index (χ4n) is 4.79. The van der Waals surface area contributed by atoms with Gasteiger partial charge in [0.25, 0.3) is 0 Å². The lowest BCUT2D eigenvalue weighted by atomic mass is 10.0. The maximum atomic E-state index is 7.10. The Labute approximate surface area is 222 Å². The van der Waals surface area contributed by atoms with Gasteiger partial charge >= 0.3 is 0 Å². The number of hydrogen-bond donors (Lipinski definition) is 2. The highest BCUT2D eigenvalue weighted by Gasteiger charge is 2.34. The topological polar surface area (TPSA) is 99.6 Å². The Morgan fingerprint density at radius 1 is 0.400 bits per heavy atom. The molecule has 0 radical (unpaired) electrons. The first-order chi connectivity index (χ1) is 17.1. The van der Waals surface area contributed by atoms with Crippen LogP contribution in [-0.4, -0.2) is 24.6 Å². The molecule has 0 spiro atoms. The minimum atomic E-state index is -0.630. The summed E-state index contributed by atoms with van der Waals surface area (Å²) in [5, 5.41) is 14.2. The minimum Gasteiger partial charge on any atom is -0.337 e. The van der Waals surface area contributed by atoms with Crippen LogP contribution in [0.4, 0.5) is 0 Å². The number of nitrogens with two attached hydrogens (primary N) is 2. The highest BCUT2D eigenvalue weighted by molar-refractivity contribution is 7.75. The molecule has 0 aromatic heterocycles. The second-order valence-electron chi connectivity index (χ2n) is 10.2. The van der Waals surface area contributed by atoms with Gasteiger partial charge in [0.2, 0.25) is 0 Å². The van der Waals surface area contributed by atoms with Gasteiger partial charge in [0.1, 0.15) is 0 Å². The van der Waals surface area contributed by atoms with E-state index in [0.29, 0.717) is 0 Å². The van der Waals surface area contributed by atoms with Crippen LogP contribution in [0.5, 0.6) is 0 Å². The van der Waals surface area contributed by atoms with Crippen molar-refractivity contribution >= 4 is 7.26 Å². The highest BCUT2D eigenvalue weighted by atomic mass is 31.2. The van der Waals surface area contributed by atoms with Crippen LogP contribution in [0.25, 0.3) is 0 Å². The lowest BCUT2D eigenvalue weighted by Crippen LogP contribution is -2.13. The van der Waals surface area contributed by atoms with Gasteiger partial charge in [-0.15, -0.1) is 0 Å². The first-order valence-corrected chi connectivity index (χ1v) is 17.6. The number of nitrogens with zero attached hydrogens (tertiary/aromatic N) is 2. The largest absolute Gasteiger partial charge is 0.337 e. The molecule has 0 atom stereocenters. The van der Waals surface area contributed by atoms with Crippen molar-refractivity contribution in [3.05, 3.63) is 0 Å². The molecule has 0 amide bonds. The summed E-state index contributed by atoms with van der Waals surface area (Å²) in [5.41, 5.74) is 8.31. The van der Waals surface area contributed by atoms with Gasteiger partial charge in [-0.3, -0.25) is 0 Å². The van der Waals surface area contributed by atoms with E-state index in [1.807, 2.05) is 0 Å². The van der Waals surface area contributed by atoms with Crippen molar-refractivity contribution in [1.29, 1.82) is 10.5 Å². The van der Waals surface area contributed by atoms with Gasteiger partial charge in [0.15, 0.2) is 12.4 Å². The van der Waals surface area contributed by atoms with E-state index >= 15 is 0 Å². The Balaban J connectivity index is -0.00000153. The van der Waals surface area contributed by atoms with Crippen molar-refractivity contribution in [2.75, 3.05) is 24.6 Å². The fraction of sp³-hybridized carbons (Fsp3) is 0.933. The molecule has 0 aliphatic heterocycles.